The molecule has 0 radical (unpaired) electrons. The molecule has 23 heavy (non-hydrogen) atoms. The molecule has 0 spiro atoms. The van der Waals surface area contributed by atoms with E-state index in [-0.39, 0.29) is 17.9 Å². The van der Waals surface area contributed by atoms with Gasteiger partial charge in [-0.05, 0) is 31.9 Å². The number of nitrogens with zero attached hydrogens (tertiary/aromatic N) is 2. The van der Waals surface area contributed by atoms with Crippen LogP contribution in [-0.2, 0) is 4.79 Å². The molecule has 2 atom stereocenters. The number of benzene rings is 1. The van der Waals surface area contributed by atoms with Gasteiger partial charge in [0.25, 0.3) is 5.91 Å². The summed E-state index contributed by atoms with van der Waals surface area (Å²) in [4.78, 5) is 29.0. The minimum atomic E-state index is -0.441. The molecular formula is C17H22N2O4. The number of hydrogen-bond acceptors (Lipinski definition) is 4. The van der Waals surface area contributed by atoms with Gasteiger partial charge in [0.15, 0.2) is 0 Å². The zero-order chi connectivity index (χ0) is 16.6. The normalized spacial score (nSPS) is 23.7. The highest BCUT2D eigenvalue weighted by Crippen LogP contribution is 2.30. The maximum absolute atomic E-state index is 13.0. The first kappa shape index (κ1) is 15.6. The summed E-state index contributed by atoms with van der Waals surface area (Å²) in [5.41, 5.74) is 0.458. The molecule has 0 aliphatic carbocycles. The molecule has 1 aromatic rings. The molecule has 2 aliphatic heterocycles. The van der Waals surface area contributed by atoms with Crippen LogP contribution in [0.25, 0.3) is 0 Å². The smallest absolute Gasteiger partial charge is 0.258 e. The van der Waals surface area contributed by atoms with Gasteiger partial charge in [0, 0.05) is 25.2 Å². The fourth-order valence-corrected chi connectivity index (χ4v) is 3.46. The number of ether oxygens (including phenoxy) is 2. The quantitative estimate of drug-likeness (QED) is 0.848. The van der Waals surface area contributed by atoms with E-state index >= 15 is 0 Å². The summed E-state index contributed by atoms with van der Waals surface area (Å²) in [6, 6.07) is 4.81. The molecule has 0 aromatic heterocycles. The number of methoxy groups -OCH3 is 2. The van der Waals surface area contributed by atoms with Gasteiger partial charge >= 0.3 is 0 Å². The van der Waals surface area contributed by atoms with Crippen LogP contribution in [0.2, 0.25) is 0 Å². The summed E-state index contributed by atoms with van der Waals surface area (Å²) in [7, 11) is 3.09. The lowest BCUT2D eigenvalue weighted by Gasteiger charge is -2.41. The monoisotopic (exact) mass is 318 g/mol. The Kier molecular flexibility index (Phi) is 4.15. The Morgan fingerprint density at radius 2 is 2.04 bits per heavy atom. The first-order chi connectivity index (χ1) is 11.1. The topological polar surface area (TPSA) is 59.1 Å². The maximum atomic E-state index is 13.0. The van der Waals surface area contributed by atoms with Crippen molar-refractivity contribution in [2.24, 2.45) is 0 Å². The van der Waals surface area contributed by atoms with Gasteiger partial charge in [-0.1, -0.05) is 0 Å². The molecule has 2 aliphatic rings. The van der Waals surface area contributed by atoms with Gasteiger partial charge in [-0.25, -0.2) is 0 Å². The Bertz CT molecular complexity index is 631. The van der Waals surface area contributed by atoms with Crippen LogP contribution < -0.4 is 9.47 Å². The number of piperazine rings is 1. The van der Waals surface area contributed by atoms with Crippen molar-refractivity contribution in [3.63, 3.8) is 0 Å². The van der Waals surface area contributed by atoms with E-state index in [1.165, 1.54) is 7.11 Å². The van der Waals surface area contributed by atoms with E-state index in [9.17, 15) is 9.59 Å². The van der Waals surface area contributed by atoms with Crippen molar-refractivity contribution in [1.82, 2.24) is 9.80 Å². The highest BCUT2D eigenvalue weighted by molar-refractivity contribution is 6.00. The summed E-state index contributed by atoms with van der Waals surface area (Å²) < 4.78 is 10.5. The predicted octanol–water partition coefficient (Wildman–Crippen LogP) is 1.54. The minimum absolute atomic E-state index is 0.0413. The number of fused-ring (bicyclic) bond motifs is 1. The van der Waals surface area contributed by atoms with Gasteiger partial charge in [0.2, 0.25) is 5.91 Å². The van der Waals surface area contributed by atoms with Gasteiger partial charge in [0.05, 0.1) is 19.8 Å². The molecule has 0 N–H and O–H groups in total. The third kappa shape index (κ3) is 2.62. The van der Waals surface area contributed by atoms with E-state index in [1.54, 1.807) is 37.1 Å². The van der Waals surface area contributed by atoms with Crippen molar-refractivity contribution >= 4 is 11.8 Å². The van der Waals surface area contributed by atoms with E-state index in [1.807, 2.05) is 4.90 Å². The van der Waals surface area contributed by atoms with Crippen LogP contribution in [0.1, 0.15) is 30.1 Å². The number of hydrogen-bond donors (Lipinski definition) is 0. The van der Waals surface area contributed by atoms with Gasteiger partial charge in [-0.2, -0.15) is 0 Å². The molecule has 0 saturated carbocycles. The average Bonchev–Trinajstić information content (AvgIpc) is 3.05. The molecule has 2 amide bonds. The zero-order valence-corrected chi connectivity index (χ0v) is 13.7. The Morgan fingerprint density at radius 3 is 2.74 bits per heavy atom. The lowest BCUT2D eigenvalue weighted by molar-refractivity contribution is -0.141. The molecule has 6 nitrogen and oxygen atoms in total. The summed E-state index contributed by atoms with van der Waals surface area (Å²) in [6.07, 6.45) is 1.97. The number of rotatable bonds is 3. The maximum Gasteiger partial charge on any atom is 0.258 e. The Hall–Kier alpha value is -2.24. The second-order valence-electron chi connectivity index (χ2n) is 6.03. The second kappa shape index (κ2) is 6.10. The molecule has 2 fully saturated rings. The van der Waals surface area contributed by atoms with Gasteiger partial charge in [-0.3, -0.25) is 9.59 Å². The predicted molar refractivity (Wildman–Crippen MR) is 84.8 cm³/mol. The van der Waals surface area contributed by atoms with E-state index in [4.69, 9.17) is 9.47 Å². The molecule has 2 saturated heterocycles. The minimum Gasteiger partial charge on any atom is -0.497 e. The van der Waals surface area contributed by atoms with Gasteiger partial charge in [-0.15, -0.1) is 0 Å². The van der Waals surface area contributed by atoms with E-state index < -0.39 is 6.04 Å². The van der Waals surface area contributed by atoms with E-state index in [0.29, 0.717) is 23.6 Å². The lowest BCUT2D eigenvalue weighted by atomic mass is 10.0. The van der Waals surface area contributed by atoms with Crippen molar-refractivity contribution in [1.29, 1.82) is 0 Å². The third-order valence-electron chi connectivity index (χ3n) is 4.79. The van der Waals surface area contributed by atoms with Gasteiger partial charge < -0.3 is 19.3 Å². The van der Waals surface area contributed by atoms with E-state index in [0.717, 1.165) is 19.4 Å². The number of amides is 2. The first-order valence-corrected chi connectivity index (χ1v) is 7.90. The lowest BCUT2D eigenvalue weighted by Crippen LogP contribution is -2.60. The van der Waals surface area contributed by atoms with Crippen LogP contribution in [0, 0.1) is 0 Å². The SMILES string of the molecule is COc1ccc(C(=O)N2C[C@@H]3CCCN3C(=O)[C@H]2C)c(OC)c1. The largest absolute Gasteiger partial charge is 0.497 e. The van der Waals surface area contributed by atoms with Gasteiger partial charge in [0.1, 0.15) is 17.5 Å². The second-order valence-corrected chi connectivity index (χ2v) is 6.03. The third-order valence-corrected chi connectivity index (χ3v) is 4.79. The van der Waals surface area contributed by atoms with Crippen LogP contribution in [0.15, 0.2) is 18.2 Å². The molecule has 1 aromatic carbocycles. The zero-order valence-electron chi connectivity index (χ0n) is 13.7. The Labute approximate surface area is 136 Å². The summed E-state index contributed by atoms with van der Waals surface area (Å²) in [6.45, 7) is 3.19. The number of carbonyl (C=O) groups is 2. The van der Waals surface area contributed by atoms with E-state index in [2.05, 4.69) is 0 Å². The van der Waals surface area contributed by atoms with Crippen molar-refractivity contribution in [3.8, 4) is 11.5 Å². The Balaban J connectivity index is 1.89. The Morgan fingerprint density at radius 1 is 1.26 bits per heavy atom. The van der Waals surface area contributed by atoms with Crippen LogP contribution in [0.4, 0.5) is 0 Å². The highest BCUT2D eigenvalue weighted by Gasteiger charge is 2.42. The van der Waals surface area contributed by atoms with Crippen LogP contribution in [0.5, 0.6) is 11.5 Å². The molecule has 2 heterocycles. The fraction of sp³-hybridized carbons (Fsp3) is 0.529. The molecule has 0 bridgehead atoms. The summed E-state index contributed by atoms with van der Waals surface area (Å²) >= 11 is 0. The van der Waals surface area contributed by atoms with Crippen LogP contribution >= 0.6 is 0 Å². The van der Waals surface area contributed by atoms with Crippen molar-refractivity contribution in [2.75, 3.05) is 27.3 Å². The van der Waals surface area contributed by atoms with Crippen LogP contribution in [0.3, 0.4) is 0 Å². The number of carbonyl (C=O) groups excluding carboxylic acids is 2. The summed E-state index contributed by atoms with van der Waals surface area (Å²) in [5, 5.41) is 0. The molecule has 0 unspecified atom stereocenters. The molecule has 124 valence electrons. The van der Waals surface area contributed by atoms with Crippen molar-refractivity contribution in [3.05, 3.63) is 23.8 Å². The van der Waals surface area contributed by atoms with Crippen molar-refractivity contribution < 1.29 is 19.1 Å². The molecule has 3 rings (SSSR count). The molecule has 6 heteroatoms. The summed E-state index contributed by atoms with van der Waals surface area (Å²) in [5.74, 6) is 0.961. The fourth-order valence-electron chi connectivity index (χ4n) is 3.46. The standard InChI is InChI=1S/C17H22N2O4/c1-11-16(20)18-8-4-5-12(18)10-19(11)17(21)14-7-6-13(22-2)9-15(14)23-3/h6-7,9,11-12H,4-5,8,10H2,1-3H3/t11-,12+/m1/s1. The van der Waals surface area contributed by atoms with Crippen LogP contribution in [-0.4, -0.2) is 61.0 Å². The van der Waals surface area contributed by atoms with Crippen molar-refractivity contribution in [2.45, 2.75) is 31.8 Å². The first-order valence-electron chi connectivity index (χ1n) is 7.90. The molecular weight excluding hydrogens is 296 g/mol. The highest BCUT2D eigenvalue weighted by atomic mass is 16.5. The average molecular weight is 318 g/mol.